The first-order valence-corrected chi connectivity index (χ1v) is 13.3. The number of nitro groups is 1. The van der Waals surface area contributed by atoms with Gasteiger partial charge in [-0.1, -0.05) is 139 Å². The van der Waals surface area contributed by atoms with E-state index in [-0.39, 0.29) is 0 Å². The number of aliphatic carboxylic acids is 1. The molecule has 0 saturated carbocycles. The topological polar surface area (TPSA) is 80.4 Å². The van der Waals surface area contributed by atoms with Gasteiger partial charge in [-0.2, -0.15) is 0 Å². The van der Waals surface area contributed by atoms with E-state index in [0.29, 0.717) is 18.4 Å². The Labute approximate surface area is 205 Å². The maximum absolute atomic E-state index is 12.2. The van der Waals surface area contributed by atoms with E-state index < -0.39 is 22.3 Å². The van der Waals surface area contributed by atoms with Crippen LogP contribution in [0.5, 0.6) is 0 Å². The molecule has 0 saturated heterocycles. The highest BCUT2D eigenvalue weighted by Crippen LogP contribution is 2.39. The first-order valence-electron chi connectivity index (χ1n) is 13.3. The fourth-order valence-corrected chi connectivity index (χ4v) is 4.93. The van der Waals surface area contributed by atoms with E-state index in [1.165, 1.54) is 70.3 Å². The van der Waals surface area contributed by atoms with Crippen molar-refractivity contribution in [2.24, 2.45) is 5.41 Å². The molecule has 0 heterocycles. The molecular weight excluding hydrogens is 426 g/mol. The largest absolute Gasteiger partial charge is 0.480 e. The Balaban J connectivity index is 1.72. The normalized spacial score (nSPS) is 19.7. The standard InChI is InChI=1S/C29H43NO4/c1-2-3-4-5-6-7-8-9-10-11-12-13-14-18-22-29(28(31)32)23-21-26(24-27(29)30(33)34)25-19-16-15-17-20-25/h15-17,19-21,23-24,27H,2-14,18,22H2,1H3,(H,31,32). The third-order valence-corrected chi connectivity index (χ3v) is 7.10. The fourth-order valence-electron chi connectivity index (χ4n) is 4.93. The molecule has 1 aliphatic rings. The van der Waals surface area contributed by atoms with Crippen LogP contribution in [0.3, 0.4) is 0 Å². The molecular formula is C29H43NO4. The van der Waals surface area contributed by atoms with E-state index in [9.17, 15) is 20.0 Å². The van der Waals surface area contributed by atoms with Crippen molar-refractivity contribution < 1.29 is 14.8 Å². The van der Waals surface area contributed by atoms with Crippen LogP contribution >= 0.6 is 0 Å². The van der Waals surface area contributed by atoms with Gasteiger partial charge in [0.1, 0.15) is 0 Å². The molecule has 0 radical (unpaired) electrons. The summed E-state index contributed by atoms with van der Waals surface area (Å²) in [5.41, 5.74) is 0.0973. The van der Waals surface area contributed by atoms with Crippen LogP contribution in [0, 0.1) is 15.5 Å². The quantitative estimate of drug-likeness (QED) is 0.133. The van der Waals surface area contributed by atoms with Gasteiger partial charge in [0, 0.05) is 4.92 Å². The molecule has 5 nitrogen and oxygen atoms in total. The molecule has 0 spiro atoms. The van der Waals surface area contributed by atoms with Crippen molar-refractivity contribution in [2.45, 2.75) is 109 Å². The van der Waals surface area contributed by atoms with Gasteiger partial charge in [-0.15, -0.1) is 0 Å². The Hall–Kier alpha value is -2.43. The predicted molar refractivity (Wildman–Crippen MR) is 139 cm³/mol. The molecule has 2 unspecified atom stereocenters. The number of hydrogen-bond acceptors (Lipinski definition) is 3. The highest BCUT2D eigenvalue weighted by molar-refractivity contribution is 5.84. The number of nitrogens with zero attached hydrogens (tertiary/aromatic N) is 1. The minimum atomic E-state index is -1.47. The summed E-state index contributed by atoms with van der Waals surface area (Å²) in [5.74, 6) is -1.11. The highest BCUT2D eigenvalue weighted by atomic mass is 16.6. The van der Waals surface area contributed by atoms with Crippen LogP contribution < -0.4 is 0 Å². The SMILES string of the molecule is CCCCCCCCCCCCCCCCC1(C(=O)O)C=CC(c2ccccc2)=CC1[N+](=O)[O-]. The van der Waals surface area contributed by atoms with Gasteiger partial charge in [-0.05, 0) is 23.6 Å². The van der Waals surface area contributed by atoms with Gasteiger partial charge in [0.2, 0.25) is 0 Å². The van der Waals surface area contributed by atoms with Crippen molar-refractivity contribution in [3.05, 3.63) is 64.2 Å². The summed E-state index contributed by atoms with van der Waals surface area (Å²) in [6.45, 7) is 2.25. The zero-order valence-electron chi connectivity index (χ0n) is 20.9. The molecule has 188 valence electrons. The molecule has 34 heavy (non-hydrogen) atoms. The average Bonchev–Trinajstić information content (AvgIpc) is 2.84. The monoisotopic (exact) mass is 469 g/mol. The second kappa shape index (κ2) is 15.5. The number of unbranched alkanes of at least 4 members (excludes halogenated alkanes) is 13. The molecule has 1 aromatic rings. The van der Waals surface area contributed by atoms with Gasteiger partial charge in [-0.25, -0.2) is 0 Å². The molecule has 1 N–H and O–H groups in total. The summed E-state index contributed by atoms with van der Waals surface area (Å²) in [4.78, 5) is 23.6. The lowest BCUT2D eigenvalue weighted by Gasteiger charge is -2.30. The van der Waals surface area contributed by atoms with Crippen LogP contribution in [0.2, 0.25) is 0 Å². The van der Waals surface area contributed by atoms with E-state index >= 15 is 0 Å². The first kappa shape index (κ1) is 27.8. The number of carboxylic acids is 1. The lowest BCUT2D eigenvalue weighted by Crippen LogP contribution is -2.45. The van der Waals surface area contributed by atoms with Gasteiger partial charge in [0.05, 0.1) is 0 Å². The van der Waals surface area contributed by atoms with Crippen LogP contribution in [0.15, 0.2) is 48.6 Å². The van der Waals surface area contributed by atoms with Crippen molar-refractivity contribution in [3.8, 4) is 0 Å². The zero-order chi connectivity index (χ0) is 24.7. The molecule has 2 atom stereocenters. The Kier molecular flexibility index (Phi) is 12.7. The highest BCUT2D eigenvalue weighted by Gasteiger charge is 2.51. The smallest absolute Gasteiger partial charge is 0.320 e. The minimum absolute atomic E-state index is 0.293. The van der Waals surface area contributed by atoms with Crippen molar-refractivity contribution in [3.63, 3.8) is 0 Å². The first-order chi connectivity index (χ1) is 16.5. The molecule has 0 bridgehead atoms. The van der Waals surface area contributed by atoms with Crippen LogP contribution in [0.1, 0.15) is 109 Å². The molecule has 0 aromatic heterocycles. The molecule has 2 rings (SSSR count). The third-order valence-electron chi connectivity index (χ3n) is 7.10. The molecule has 0 fully saturated rings. The Morgan fingerprint density at radius 2 is 1.38 bits per heavy atom. The van der Waals surface area contributed by atoms with E-state index in [1.807, 2.05) is 30.3 Å². The van der Waals surface area contributed by atoms with Gasteiger partial charge in [0.25, 0.3) is 6.04 Å². The van der Waals surface area contributed by atoms with E-state index in [4.69, 9.17) is 0 Å². The van der Waals surface area contributed by atoms with Gasteiger partial charge in [0.15, 0.2) is 5.41 Å². The zero-order valence-corrected chi connectivity index (χ0v) is 20.9. The fraction of sp³-hybridized carbons (Fsp3) is 0.621. The van der Waals surface area contributed by atoms with Crippen molar-refractivity contribution in [1.82, 2.24) is 0 Å². The molecule has 0 aliphatic heterocycles. The number of rotatable bonds is 18. The number of benzene rings is 1. The second-order valence-corrected chi connectivity index (χ2v) is 9.74. The molecule has 0 amide bonds. The molecule has 5 heteroatoms. The van der Waals surface area contributed by atoms with Crippen LogP contribution in [-0.2, 0) is 4.79 Å². The van der Waals surface area contributed by atoms with Crippen LogP contribution in [0.4, 0.5) is 0 Å². The summed E-state index contributed by atoms with van der Waals surface area (Å²) >= 11 is 0. The van der Waals surface area contributed by atoms with Crippen molar-refractivity contribution in [2.75, 3.05) is 0 Å². The number of allylic oxidation sites excluding steroid dienone is 2. The van der Waals surface area contributed by atoms with E-state index in [2.05, 4.69) is 6.92 Å². The molecule has 1 aliphatic carbocycles. The lowest BCUT2D eigenvalue weighted by atomic mass is 9.72. The summed E-state index contributed by atoms with van der Waals surface area (Å²) in [6, 6.07) is 8.15. The van der Waals surface area contributed by atoms with E-state index in [0.717, 1.165) is 24.8 Å². The third kappa shape index (κ3) is 8.73. The minimum Gasteiger partial charge on any atom is -0.480 e. The summed E-state index contributed by atoms with van der Waals surface area (Å²) in [5, 5.41) is 21.8. The van der Waals surface area contributed by atoms with Gasteiger partial charge >= 0.3 is 5.97 Å². The average molecular weight is 470 g/mol. The summed E-state index contributed by atoms with van der Waals surface area (Å²) in [6.07, 6.45) is 22.2. The maximum atomic E-state index is 12.2. The molecule has 1 aromatic carbocycles. The number of hydrogen-bond donors (Lipinski definition) is 1. The Bertz CT molecular complexity index is 802. The second-order valence-electron chi connectivity index (χ2n) is 9.74. The Morgan fingerprint density at radius 3 is 1.85 bits per heavy atom. The lowest BCUT2D eigenvalue weighted by molar-refractivity contribution is -0.523. The Morgan fingerprint density at radius 1 is 0.882 bits per heavy atom. The summed E-state index contributed by atoms with van der Waals surface area (Å²) < 4.78 is 0. The number of carboxylic acid groups (broad SMARTS) is 1. The van der Waals surface area contributed by atoms with E-state index in [1.54, 1.807) is 12.2 Å². The van der Waals surface area contributed by atoms with Crippen LogP contribution in [0.25, 0.3) is 5.57 Å². The van der Waals surface area contributed by atoms with Crippen molar-refractivity contribution >= 4 is 11.5 Å². The summed E-state index contributed by atoms with van der Waals surface area (Å²) in [7, 11) is 0. The number of carbonyl (C=O) groups is 1. The van der Waals surface area contributed by atoms with Gasteiger partial charge < -0.3 is 5.11 Å². The van der Waals surface area contributed by atoms with Gasteiger partial charge in [-0.3, -0.25) is 14.9 Å². The van der Waals surface area contributed by atoms with Crippen LogP contribution in [-0.4, -0.2) is 22.0 Å². The van der Waals surface area contributed by atoms with Crippen molar-refractivity contribution in [1.29, 1.82) is 0 Å². The maximum Gasteiger partial charge on any atom is 0.320 e. The predicted octanol–water partition coefficient (Wildman–Crippen LogP) is 8.23.